The maximum Gasteiger partial charge on any atom is 0.143 e. The van der Waals surface area contributed by atoms with E-state index in [9.17, 15) is 0 Å². The highest BCUT2D eigenvalue weighted by molar-refractivity contribution is 5.63. The standard InChI is InChI=1S/C19H23N5O/c1-13-19(14(2)25-23-13)18-5-3-4-16(22-18)8-15-6-7-24(10-15)11-17-9-20-12-21-17/h3-5,9,12,15H,6-8,10-11H2,1-2H3,(H,20,21). The Labute approximate surface area is 147 Å². The second kappa shape index (κ2) is 6.80. The fourth-order valence-electron chi connectivity index (χ4n) is 3.71. The Morgan fingerprint density at radius 2 is 2.24 bits per heavy atom. The molecule has 3 aromatic heterocycles. The molecule has 130 valence electrons. The number of aryl methyl sites for hydroxylation is 2. The largest absolute Gasteiger partial charge is 0.361 e. The summed E-state index contributed by atoms with van der Waals surface area (Å²) in [6, 6.07) is 6.25. The van der Waals surface area contributed by atoms with Crippen LogP contribution in [-0.4, -0.2) is 38.1 Å². The zero-order valence-electron chi connectivity index (χ0n) is 14.7. The van der Waals surface area contributed by atoms with E-state index in [2.05, 4.69) is 32.2 Å². The Bertz CT molecular complexity index is 820. The zero-order valence-corrected chi connectivity index (χ0v) is 14.7. The normalized spacial score (nSPS) is 18.1. The van der Waals surface area contributed by atoms with Crippen molar-refractivity contribution in [2.75, 3.05) is 13.1 Å². The first-order valence-corrected chi connectivity index (χ1v) is 8.78. The van der Waals surface area contributed by atoms with Gasteiger partial charge < -0.3 is 9.51 Å². The lowest BCUT2D eigenvalue weighted by atomic mass is 10.0. The number of imidazole rings is 1. The average Bonchev–Trinajstić information content (AvgIpc) is 3.32. The third-order valence-electron chi connectivity index (χ3n) is 4.91. The van der Waals surface area contributed by atoms with Crippen LogP contribution in [0.25, 0.3) is 11.3 Å². The smallest absolute Gasteiger partial charge is 0.143 e. The molecule has 1 aliphatic rings. The molecule has 1 fully saturated rings. The van der Waals surface area contributed by atoms with E-state index in [-0.39, 0.29) is 0 Å². The Morgan fingerprint density at radius 1 is 1.32 bits per heavy atom. The molecule has 25 heavy (non-hydrogen) atoms. The molecule has 3 aromatic rings. The fraction of sp³-hybridized carbons (Fsp3) is 0.421. The van der Waals surface area contributed by atoms with Crippen molar-refractivity contribution in [3.8, 4) is 11.3 Å². The molecular weight excluding hydrogens is 314 g/mol. The van der Waals surface area contributed by atoms with Crippen LogP contribution in [0.5, 0.6) is 0 Å². The lowest BCUT2D eigenvalue weighted by Gasteiger charge is -2.15. The number of likely N-dealkylation sites (tertiary alicyclic amines) is 1. The maximum atomic E-state index is 5.28. The van der Waals surface area contributed by atoms with Crippen molar-refractivity contribution in [1.29, 1.82) is 0 Å². The quantitative estimate of drug-likeness (QED) is 0.774. The second-order valence-corrected chi connectivity index (χ2v) is 6.88. The minimum absolute atomic E-state index is 0.648. The van der Waals surface area contributed by atoms with Gasteiger partial charge in [0.2, 0.25) is 0 Å². The van der Waals surface area contributed by atoms with Crippen LogP contribution in [-0.2, 0) is 13.0 Å². The van der Waals surface area contributed by atoms with Gasteiger partial charge in [0.05, 0.1) is 23.3 Å². The molecule has 6 heteroatoms. The number of aromatic amines is 1. The summed E-state index contributed by atoms with van der Waals surface area (Å²) in [5, 5.41) is 4.04. The highest BCUT2D eigenvalue weighted by Gasteiger charge is 2.23. The average molecular weight is 337 g/mol. The summed E-state index contributed by atoms with van der Waals surface area (Å²) in [6.07, 6.45) is 5.87. The van der Waals surface area contributed by atoms with E-state index in [1.54, 1.807) is 6.33 Å². The lowest BCUT2D eigenvalue weighted by Crippen LogP contribution is -2.21. The lowest BCUT2D eigenvalue weighted by molar-refractivity contribution is 0.312. The number of nitrogens with one attached hydrogen (secondary N) is 1. The minimum atomic E-state index is 0.648. The zero-order chi connectivity index (χ0) is 17.2. The number of hydrogen-bond acceptors (Lipinski definition) is 5. The molecule has 0 spiro atoms. The fourth-order valence-corrected chi connectivity index (χ4v) is 3.71. The molecule has 0 saturated carbocycles. The van der Waals surface area contributed by atoms with Gasteiger partial charge in [-0.2, -0.15) is 0 Å². The predicted molar refractivity (Wildman–Crippen MR) is 94.9 cm³/mol. The monoisotopic (exact) mass is 337 g/mol. The van der Waals surface area contributed by atoms with Crippen LogP contribution in [0.2, 0.25) is 0 Å². The maximum absolute atomic E-state index is 5.28. The third kappa shape index (κ3) is 3.49. The van der Waals surface area contributed by atoms with Gasteiger partial charge in [-0.15, -0.1) is 0 Å². The number of rotatable bonds is 5. The molecule has 0 radical (unpaired) electrons. The van der Waals surface area contributed by atoms with Gasteiger partial charge in [-0.25, -0.2) is 4.98 Å². The van der Waals surface area contributed by atoms with E-state index in [4.69, 9.17) is 9.51 Å². The molecule has 0 aromatic carbocycles. The molecule has 6 nitrogen and oxygen atoms in total. The van der Waals surface area contributed by atoms with Crippen molar-refractivity contribution in [2.45, 2.75) is 33.2 Å². The van der Waals surface area contributed by atoms with Gasteiger partial charge in [-0.05, 0) is 51.3 Å². The SMILES string of the molecule is Cc1noc(C)c1-c1cccc(CC2CCN(Cc3cnc[nH]3)C2)n1. The van der Waals surface area contributed by atoms with Crippen molar-refractivity contribution in [1.82, 2.24) is 25.0 Å². The molecule has 1 N–H and O–H groups in total. The van der Waals surface area contributed by atoms with Crippen molar-refractivity contribution in [3.05, 3.63) is 53.6 Å². The van der Waals surface area contributed by atoms with Gasteiger partial charge >= 0.3 is 0 Å². The molecule has 1 aliphatic heterocycles. The Hall–Kier alpha value is -2.47. The van der Waals surface area contributed by atoms with Crippen LogP contribution < -0.4 is 0 Å². The van der Waals surface area contributed by atoms with Crippen LogP contribution in [0.1, 0.15) is 29.3 Å². The Kier molecular flexibility index (Phi) is 4.36. The minimum Gasteiger partial charge on any atom is -0.361 e. The Balaban J connectivity index is 1.43. The first kappa shape index (κ1) is 16.0. The first-order chi connectivity index (χ1) is 12.2. The van der Waals surface area contributed by atoms with Crippen molar-refractivity contribution in [2.24, 2.45) is 5.92 Å². The van der Waals surface area contributed by atoms with E-state index in [0.717, 1.165) is 54.5 Å². The van der Waals surface area contributed by atoms with Crippen LogP contribution in [0.3, 0.4) is 0 Å². The summed E-state index contributed by atoms with van der Waals surface area (Å²) in [6.45, 7) is 7.09. The van der Waals surface area contributed by atoms with Gasteiger partial charge in [0.1, 0.15) is 5.76 Å². The highest BCUT2D eigenvalue weighted by Crippen LogP contribution is 2.27. The van der Waals surface area contributed by atoms with Crippen molar-refractivity contribution < 1.29 is 4.52 Å². The van der Waals surface area contributed by atoms with Gasteiger partial charge in [-0.3, -0.25) is 9.88 Å². The molecule has 4 heterocycles. The molecular formula is C19H23N5O. The van der Waals surface area contributed by atoms with E-state index in [1.807, 2.05) is 26.1 Å². The van der Waals surface area contributed by atoms with Gasteiger partial charge in [0.25, 0.3) is 0 Å². The summed E-state index contributed by atoms with van der Waals surface area (Å²) < 4.78 is 5.28. The summed E-state index contributed by atoms with van der Waals surface area (Å²) in [4.78, 5) is 14.6. The van der Waals surface area contributed by atoms with E-state index in [0.29, 0.717) is 5.92 Å². The first-order valence-electron chi connectivity index (χ1n) is 8.78. The number of nitrogens with zero attached hydrogens (tertiary/aromatic N) is 4. The van der Waals surface area contributed by atoms with Gasteiger partial charge in [0, 0.05) is 30.7 Å². The third-order valence-corrected chi connectivity index (χ3v) is 4.91. The second-order valence-electron chi connectivity index (χ2n) is 6.88. The number of H-pyrrole nitrogens is 1. The molecule has 1 saturated heterocycles. The van der Waals surface area contributed by atoms with Gasteiger partial charge in [-0.1, -0.05) is 11.2 Å². The van der Waals surface area contributed by atoms with Gasteiger partial charge in [0.15, 0.2) is 0 Å². The predicted octanol–water partition coefficient (Wildman–Crippen LogP) is 3.14. The molecule has 1 atom stereocenters. The Morgan fingerprint density at radius 3 is 3.00 bits per heavy atom. The molecule has 4 rings (SSSR count). The van der Waals surface area contributed by atoms with E-state index < -0.39 is 0 Å². The highest BCUT2D eigenvalue weighted by atomic mass is 16.5. The number of pyridine rings is 1. The van der Waals surface area contributed by atoms with E-state index >= 15 is 0 Å². The van der Waals surface area contributed by atoms with Crippen molar-refractivity contribution in [3.63, 3.8) is 0 Å². The summed E-state index contributed by atoms with van der Waals surface area (Å²) in [5.74, 6) is 1.48. The van der Waals surface area contributed by atoms with E-state index in [1.165, 1.54) is 12.1 Å². The topological polar surface area (TPSA) is 70.8 Å². The summed E-state index contributed by atoms with van der Waals surface area (Å²) in [5.41, 5.74) is 5.20. The van der Waals surface area contributed by atoms with Crippen LogP contribution in [0.4, 0.5) is 0 Å². The molecule has 0 bridgehead atoms. The summed E-state index contributed by atoms with van der Waals surface area (Å²) in [7, 11) is 0. The van der Waals surface area contributed by atoms with Crippen LogP contribution >= 0.6 is 0 Å². The number of aromatic nitrogens is 4. The van der Waals surface area contributed by atoms with Crippen molar-refractivity contribution >= 4 is 0 Å². The van der Waals surface area contributed by atoms with Crippen LogP contribution in [0, 0.1) is 19.8 Å². The van der Waals surface area contributed by atoms with Crippen LogP contribution in [0.15, 0.2) is 35.2 Å². The molecule has 0 aliphatic carbocycles. The summed E-state index contributed by atoms with van der Waals surface area (Å²) >= 11 is 0. The molecule has 0 amide bonds. The number of hydrogen-bond donors (Lipinski definition) is 1. The molecule has 1 unspecified atom stereocenters.